The second kappa shape index (κ2) is 9.86. The molecule has 0 unspecified atom stereocenters. The van der Waals surface area contributed by atoms with Gasteiger partial charge in [-0.05, 0) is 66.2 Å². The zero-order chi connectivity index (χ0) is 24.3. The molecule has 4 rings (SSSR count). The lowest BCUT2D eigenvalue weighted by molar-refractivity contribution is -0.137. The number of carbonyl (C=O) groups is 2. The van der Waals surface area contributed by atoms with E-state index in [1.165, 1.54) is 23.1 Å². The molecule has 1 amide bonds. The molecule has 3 aromatic carbocycles. The van der Waals surface area contributed by atoms with E-state index < -0.39 is 17.6 Å². The molecule has 0 fully saturated rings. The minimum absolute atomic E-state index is 0.0709. The van der Waals surface area contributed by atoms with Gasteiger partial charge in [0, 0.05) is 22.6 Å². The molecule has 4 aromatic rings. The number of fused-ring (bicyclic) bond motifs is 1. The van der Waals surface area contributed by atoms with Gasteiger partial charge in [0.2, 0.25) is 0 Å². The minimum atomic E-state index is -4.46. The predicted octanol–water partition coefficient (Wildman–Crippen LogP) is 6.05. The van der Waals surface area contributed by atoms with Gasteiger partial charge in [-0.1, -0.05) is 17.4 Å². The molecule has 1 aromatic heterocycles. The number of anilines is 2. The number of halogens is 3. The van der Waals surface area contributed by atoms with Gasteiger partial charge in [-0.3, -0.25) is 14.9 Å². The van der Waals surface area contributed by atoms with Crippen molar-refractivity contribution in [3.8, 4) is 0 Å². The maximum Gasteiger partial charge on any atom is 0.416 e. The summed E-state index contributed by atoms with van der Waals surface area (Å²) in [6.45, 7) is 0. The van der Waals surface area contributed by atoms with Gasteiger partial charge in [-0.2, -0.15) is 13.2 Å². The molecule has 174 valence electrons. The third-order valence-electron chi connectivity index (χ3n) is 4.83. The number of hydrogen-bond acceptors (Lipinski definition) is 6. The Morgan fingerprint density at radius 1 is 1.00 bits per heavy atom. The summed E-state index contributed by atoms with van der Waals surface area (Å²) in [4.78, 5) is 30.1. The minimum Gasteiger partial charge on any atom is -0.399 e. The number of rotatable bonds is 7. The predicted molar refractivity (Wildman–Crippen MR) is 129 cm³/mol. The van der Waals surface area contributed by atoms with E-state index in [1.54, 1.807) is 18.2 Å². The number of thiazole rings is 1. The van der Waals surface area contributed by atoms with Crippen LogP contribution in [-0.4, -0.2) is 22.4 Å². The van der Waals surface area contributed by atoms with Crippen LogP contribution in [0.1, 0.15) is 21.5 Å². The van der Waals surface area contributed by atoms with Crippen LogP contribution in [0.5, 0.6) is 0 Å². The highest BCUT2D eigenvalue weighted by molar-refractivity contribution is 8.00. The maximum absolute atomic E-state index is 12.7. The molecule has 0 radical (unpaired) electrons. The van der Waals surface area contributed by atoms with Gasteiger partial charge in [0.05, 0.1) is 21.5 Å². The van der Waals surface area contributed by atoms with Crippen LogP contribution in [0.15, 0.2) is 71.6 Å². The standard InChI is InChI=1S/C24H18F3N3O2S2/c25-24(26,27)16-4-2-15(3-5-16)22(32)30-23-29-20-10-1-14(12-21(20)34-23)11-18(31)13-33-19-8-6-17(28)7-9-19/h1-10,12H,11,13,28H2,(H,29,30,32). The normalized spacial score (nSPS) is 11.5. The van der Waals surface area contributed by atoms with E-state index in [4.69, 9.17) is 5.73 Å². The molecular weight excluding hydrogens is 483 g/mol. The van der Waals surface area contributed by atoms with E-state index >= 15 is 0 Å². The van der Waals surface area contributed by atoms with Gasteiger partial charge in [-0.15, -0.1) is 11.8 Å². The van der Waals surface area contributed by atoms with Crippen molar-refractivity contribution in [2.75, 3.05) is 16.8 Å². The number of nitrogen functional groups attached to an aromatic ring is 1. The zero-order valence-electron chi connectivity index (χ0n) is 17.6. The van der Waals surface area contributed by atoms with E-state index in [0.29, 0.717) is 22.1 Å². The smallest absolute Gasteiger partial charge is 0.399 e. The van der Waals surface area contributed by atoms with Crippen molar-refractivity contribution >= 4 is 55.8 Å². The fourth-order valence-electron chi connectivity index (χ4n) is 3.12. The van der Waals surface area contributed by atoms with E-state index in [0.717, 1.165) is 39.4 Å². The third kappa shape index (κ3) is 5.95. The van der Waals surface area contributed by atoms with E-state index in [2.05, 4.69) is 10.3 Å². The monoisotopic (exact) mass is 501 g/mol. The Balaban J connectivity index is 1.38. The van der Waals surface area contributed by atoms with Crippen LogP contribution in [0.4, 0.5) is 24.0 Å². The summed E-state index contributed by atoms with van der Waals surface area (Å²) in [5, 5.41) is 2.94. The molecule has 0 spiro atoms. The first-order valence-corrected chi connectivity index (χ1v) is 11.9. The molecule has 0 saturated heterocycles. The van der Waals surface area contributed by atoms with Crippen LogP contribution in [0, 0.1) is 0 Å². The van der Waals surface area contributed by atoms with Gasteiger partial charge < -0.3 is 5.73 Å². The Labute approximate surface area is 201 Å². The lowest BCUT2D eigenvalue weighted by Gasteiger charge is -2.07. The molecule has 10 heteroatoms. The van der Waals surface area contributed by atoms with Crippen molar-refractivity contribution in [2.24, 2.45) is 0 Å². The molecule has 0 saturated carbocycles. The summed E-state index contributed by atoms with van der Waals surface area (Å²) >= 11 is 2.68. The number of aromatic nitrogens is 1. The number of hydrogen-bond donors (Lipinski definition) is 2. The molecule has 0 aliphatic rings. The number of nitrogens with zero attached hydrogens (tertiary/aromatic N) is 1. The molecule has 3 N–H and O–H groups in total. The summed E-state index contributed by atoms with van der Waals surface area (Å²) in [6, 6.07) is 16.7. The molecule has 0 aliphatic carbocycles. The fraction of sp³-hybridized carbons (Fsp3) is 0.125. The van der Waals surface area contributed by atoms with Crippen LogP contribution >= 0.6 is 23.1 Å². The van der Waals surface area contributed by atoms with Gasteiger partial charge >= 0.3 is 6.18 Å². The number of benzene rings is 3. The van der Waals surface area contributed by atoms with E-state index in [1.807, 2.05) is 24.3 Å². The highest BCUT2D eigenvalue weighted by Gasteiger charge is 2.30. The first-order chi connectivity index (χ1) is 16.2. The van der Waals surface area contributed by atoms with Crippen LogP contribution in [0.3, 0.4) is 0 Å². The number of nitrogens with two attached hydrogens (primary N) is 1. The number of nitrogens with one attached hydrogen (secondary N) is 1. The van der Waals surface area contributed by atoms with E-state index in [-0.39, 0.29) is 17.8 Å². The molecule has 0 aliphatic heterocycles. The molecule has 5 nitrogen and oxygen atoms in total. The number of thioether (sulfide) groups is 1. The number of ketones is 1. The van der Waals surface area contributed by atoms with Crippen LogP contribution in [0.25, 0.3) is 10.2 Å². The summed E-state index contributed by atoms with van der Waals surface area (Å²) in [5.41, 5.74) is 7.10. The van der Waals surface area contributed by atoms with Gasteiger partial charge in [-0.25, -0.2) is 4.98 Å². The Bertz CT molecular complexity index is 1330. The number of amides is 1. The quantitative estimate of drug-likeness (QED) is 0.238. The lowest BCUT2D eigenvalue weighted by atomic mass is 10.1. The van der Waals surface area contributed by atoms with Crippen molar-refractivity contribution in [1.82, 2.24) is 4.98 Å². The summed E-state index contributed by atoms with van der Waals surface area (Å²) < 4.78 is 38.9. The van der Waals surface area contributed by atoms with Crippen LogP contribution < -0.4 is 11.1 Å². The highest BCUT2D eigenvalue weighted by atomic mass is 32.2. The van der Waals surface area contributed by atoms with Crippen molar-refractivity contribution < 1.29 is 22.8 Å². The van der Waals surface area contributed by atoms with Gasteiger partial charge in [0.1, 0.15) is 5.78 Å². The summed E-state index contributed by atoms with van der Waals surface area (Å²) in [7, 11) is 0. The van der Waals surface area contributed by atoms with Crippen LogP contribution in [0.2, 0.25) is 0 Å². The lowest BCUT2D eigenvalue weighted by Crippen LogP contribution is -2.12. The first kappa shape index (κ1) is 23.8. The number of alkyl halides is 3. The second-order valence-corrected chi connectivity index (χ2v) is 9.50. The number of carbonyl (C=O) groups excluding carboxylic acids is 2. The molecule has 1 heterocycles. The maximum atomic E-state index is 12.7. The van der Waals surface area contributed by atoms with Crippen molar-refractivity contribution in [2.45, 2.75) is 17.5 Å². The fourth-order valence-corrected chi connectivity index (χ4v) is 4.80. The van der Waals surface area contributed by atoms with Crippen LogP contribution in [-0.2, 0) is 17.4 Å². The van der Waals surface area contributed by atoms with Gasteiger partial charge in [0.15, 0.2) is 5.13 Å². The molecule has 34 heavy (non-hydrogen) atoms. The average Bonchev–Trinajstić information content (AvgIpc) is 3.19. The van der Waals surface area contributed by atoms with Crippen molar-refractivity contribution in [3.05, 3.63) is 83.4 Å². The van der Waals surface area contributed by atoms with Crippen molar-refractivity contribution in [3.63, 3.8) is 0 Å². The average molecular weight is 502 g/mol. The van der Waals surface area contributed by atoms with Crippen molar-refractivity contribution in [1.29, 1.82) is 0 Å². The topological polar surface area (TPSA) is 85.1 Å². The molecular formula is C24H18F3N3O2S2. The molecule has 0 atom stereocenters. The second-order valence-electron chi connectivity index (χ2n) is 7.42. The third-order valence-corrected chi connectivity index (χ3v) is 6.83. The Hall–Kier alpha value is -3.37. The zero-order valence-corrected chi connectivity index (χ0v) is 19.2. The largest absolute Gasteiger partial charge is 0.416 e. The van der Waals surface area contributed by atoms with Gasteiger partial charge in [0.25, 0.3) is 5.91 Å². The summed E-state index contributed by atoms with van der Waals surface area (Å²) in [6.07, 6.45) is -4.20. The summed E-state index contributed by atoms with van der Waals surface area (Å²) in [5.74, 6) is -0.150. The van der Waals surface area contributed by atoms with E-state index in [9.17, 15) is 22.8 Å². The SMILES string of the molecule is Nc1ccc(SCC(=O)Cc2ccc3nc(NC(=O)c4ccc(C(F)(F)F)cc4)sc3c2)cc1. The molecule has 0 bridgehead atoms. The number of Topliss-reactive ketones (excluding diaryl/α,β-unsaturated/α-hetero) is 1. The Morgan fingerprint density at radius 2 is 1.71 bits per heavy atom. The Kier molecular flexibility index (Phi) is 6.90. The first-order valence-electron chi connectivity index (χ1n) is 10.1. The Morgan fingerprint density at radius 3 is 2.38 bits per heavy atom. The highest BCUT2D eigenvalue weighted by Crippen LogP contribution is 2.30.